The second-order valence-corrected chi connectivity index (χ2v) is 13.9. The summed E-state index contributed by atoms with van der Waals surface area (Å²) in [6.07, 6.45) is 0.747. The zero-order valence-corrected chi connectivity index (χ0v) is 23.6. The molecule has 1 aliphatic rings. The fourth-order valence-electron chi connectivity index (χ4n) is 5.67. The van der Waals surface area contributed by atoms with Gasteiger partial charge in [-0.3, -0.25) is 0 Å². The summed E-state index contributed by atoms with van der Waals surface area (Å²) in [5, 5.41) is 7.57. The molecule has 1 unspecified atom stereocenters. The topological polar surface area (TPSA) is 39.7 Å². The SMILES string of the molecule is CC1(CC(COCCNCc2ccccc2)[P+](c2ccccc2)(c2ccccc2)c2ccccc2)OCCO1. The zero-order chi connectivity index (χ0) is 26.8. The first-order valence-corrected chi connectivity index (χ1v) is 15.7. The van der Waals surface area contributed by atoms with Crippen molar-refractivity contribution in [3.63, 3.8) is 0 Å². The molecule has 1 aliphatic heterocycles. The molecule has 0 amide bonds. The average molecular weight is 541 g/mol. The van der Waals surface area contributed by atoms with E-state index in [9.17, 15) is 0 Å². The molecule has 1 fully saturated rings. The number of rotatable bonds is 13. The minimum atomic E-state index is -2.17. The highest BCUT2D eigenvalue weighted by molar-refractivity contribution is 7.96. The Balaban J connectivity index is 1.48. The molecule has 1 saturated heterocycles. The zero-order valence-electron chi connectivity index (χ0n) is 22.7. The molecule has 0 spiro atoms. The molecule has 0 radical (unpaired) electrons. The van der Waals surface area contributed by atoms with Gasteiger partial charge in [0.15, 0.2) is 5.79 Å². The molecule has 4 aromatic rings. The van der Waals surface area contributed by atoms with Crippen molar-refractivity contribution in [2.45, 2.75) is 31.3 Å². The van der Waals surface area contributed by atoms with Crippen LogP contribution in [0.15, 0.2) is 121 Å². The summed E-state index contributed by atoms with van der Waals surface area (Å²) < 4.78 is 18.9. The third-order valence-electron chi connectivity index (χ3n) is 7.45. The van der Waals surface area contributed by atoms with E-state index in [4.69, 9.17) is 14.2 Å². The lowest BCUT2D eigenvalue weighted by molar-refractivity contribution is -0.148. The van der Waals surface area contributed by atoms with Crippen LogP contribution >= 0.6 is 7.26 Å². The van der Waals surface area contributed by atoms with Crippen LogP contribution < -0.4 is 21.2 Å². The summed E-state index contributed by atoms with van der Waals surface area (Å²) in [4.78, 5) is 0. The van der Waals surface area contributed by atoms with E-state index >= 15 is 0 Å². The molecule has 1 atom stereocenters. The molecular formula is C34H39NO3P+. The smallest absolute Gasteiger partial charge is 0.169 e. The Labute approximate surface area is 233 Å². The Morgan fingerprint density at radius 2 is 1.18 bits per heavy atom. The van der Waals surface area contributed by atoms with Crippen molar-refractivity contribution in [2.24, 2.45) is 0 Å². The molecular weight excluding hydrogens is 501 g/mol. The van der Waals surface area contributed by atoms with Gasteiger partial charge in [-0.25, -0.2) is 0 Å². The first kappa shape index (κ1) is 27.7. The molecule has 4 aromatic carbocycles. The van der Waals surface area contributed by atoms with Gasteiger partial charge >= 0.3 is 0 Å². The Morgan fingerprint density at radius 3 is 1.67 bits per heavy atom. The molecule has 202 valence electrons. The van der Waals surface area contributed by atoms with Gasteiger partial charge in [0, 0.05) is 19.5 Å². The van der Waals surface area contributed by atoms with Gasteiger partial charge in [0.2, 0.25) is 0 Å². The molecule has 1 heterocycles. The summed E-state index contributed by atoms with van der Waals surface area (Å²) >= 11 is 0. The summed E-state index contributed by atoms with van der Waals surface area (Å²) in [6, 6.07) is 43.5. The number of ether oxygens (including phenoxy) is 3. The van der Waals surface area contributed by atoms with Crippen LogP contribution in [0.25, 0.3) is 0 Å². The minimum Gasteiger partial charge on any atom is -0.376 e. The second-order valence-electron chi connectivity index (χ2n) is 10.2. The van der Waals surface area contributed by atoms with Crippen LogP contribution in [0.1, 0.15) is 18.9 Å². The molecule has 4 nitrogen and oxygen atoms in total. The highest BCUT2D eigenvalue weighted by Crippen LogP contribution is 2.62. The maximum atomic E-state index is 6.51. The van der Waals surface area contributed by atoms with Gasteiger partial charge in [-0.1, -0.05) is 84.9 Å². The highest BCUT2D eigenvalue weighted by atomic mass is 31.2. The lowest BCUT2D eigenvalue weighted by Gasteiger charge is -2.37. The first-order valence-electron chi connectivity index (χ1n) is 13.9. The Morgan fingerprint density at radius 1 is 0.718 bits per heavy atom. The summed E-state index contributed by atoms with van der Waals surface area (Å²) in [5.74, 6) is -0.636. The summed E-state index contributed by atoms with van der Waals surface area (Å²) in [7, 11) is -2.17. The van der Waals surface area contributed by atoms with Crippen LogP contribution in [-0.2, 0) is 20.8 Å². The first-order chi connectivity index (χ1) is 19.2. The van der Waals surface area contributed by atoms with Gasteiger partial charge in [-0.2, -0.15) is 0 Å². The van der Waals surface area contributed by atoms with Crippen molar-refractivity contribution in [2.75, 3.05) is 33.0 Å². The summed E-state index contributed by atoms with van der Waals surface area (Å²) in [5.41, 5.74) is 1.43. The fraction of sp³-hybridized carbons (Fsp3) is 0.294. The average Bonchev–Trinajstić information content (AvgIpc) is 3.43. The van der Waals surface area contributed by atoms with Gasteiger partial charge in [0.25, 0.3) is 0 Å². The summed E-state index contributed by atoms with van der Waals surface area (Å²) in [6.45, 7) is 6.22. The van der Waals surface area contributed by atoms with E-state index in [0.29, 0.717) is 26.4 Å². The van der Waals surface area contributed by atoms with Crippen molar-refractivity contribution in [1.29, 1.82) is 0 Å². The van der Waals surface area contributed by atoms with Crippen molar-refractivity contribution >= 4 is 23.2 Å². The molecule has 5 rings (SSSR count). The van der Waals surface area contributed by atoms with Crippen molar-refractivity contribution in [3.05, 3.63) is 127 Å². The molecule has 1 N–H and O–H groups in total. The maximum Gasteiger partial charge on any atom is 0.169 e. The Kier molecular flexibility index (Phi) is 9.58. The number of benzene rings is 4. The van der Waals surface area contributed by atoms with Crippen molar-refractivity contribution in [1.82, 2.24) is 5.32 Å². The standard InChI is InChI=1S/C34H39NO3P/c1-34(37-24-25-38-34)26-33(28-36-23-22-35-27-29-14-6-2-7-15-29)39(30-16-8-3-9-17-30,31-18-10-4-11-19-31)32-20-12-5-13-21-32/h2-21,33,35H,22-28H2,1H3/q+1. The second kappa shape index (κ2) is 13.5. The van der Waals surface area contributed by atoms with Crippen molar-refractivity contribution < 1.29 is 14.2 Å². The fourth-order valence-corrected chi connectivity index (χ4v) is 10.7. The van der Waals surface area contributed by atoms with E-state index in [-0.39, 0.29) is 5.66 Å². The quantitative estimate of drug-likeness (QED) is 0.184. The van der Waals surface area contributed by atoms with Gasteiger partial charge in [0.1, 0.15) is 28.8 Å². The molecule has 39 heavy (non-hydrogen) atoms. The Bertz CT molecular complexity index is 1150. The lowest BCUT2D eigenvalue weighted by atomic mass is 10.1. The van der Waals surface area contributed by atoms with Gasteiger partial charge in [-0.05, 0) is 48.9 Å². The van der Waals surface area contributed by atoms with E-state index in [1.54, 1.807) is 0 Å². The predicted molar refractivity (Wildman–Crippen MR) is 163 cm³/mol. The van der Waals surface area contributed by atoms with Crippen LogP contribution in [0.2, 0.25) is 0 Å². The molecule has 0 aliphatic carbocycles. The normalized spacial score (nSPS) is 15.7. The highest BCUT2D eigenvalue weighted by Gasteiger charge is 2.55. The van der Waals surface area contributed by atoms with Crippen LogP contribution in [0.4, 0.5) is 0 Å². The van der Waals surface area contributed by atoms with Gasteiger partial charge in [-0.15, -0.1) is 0 Å². The van der Waals surface area contributed by atoms with Crippen LogP contribution in [0, 0.1) is 0 Å². The lowest BCUT2D eigenvalue weighted by Crippen LogP contribution is -2.45. The number of hydrogen-bond donors (Lipinski definition) is 1. The largest absolute Gasteiger partial charge is 0.376 e. The Hall–Kier alpha value is -2.85. The third kappa shape index (κ3) is 6.66. The van der Waals surface area contributed by atoms with E-state index in [2.05, 4.69) is 128 Å². The van der Waals surface area contributed by atoms with Gasteiger partial charge in [0.05, 0.1) is 26.4 Å². The van der Waals surface area contributed by atoms with E-state index < -0.39 is 13.0 Å². The van der Waals surface area contributed by atoms with Crippen LogP contribution in [-0.4, -0.2) is 44.4 Å². The van der Waals surface area contributed by atoms with Crippen LogP contribution in [0.3, 0.4) is 0 Å². The van der Waals surface area contributed by atoms with E-state index in [1.165, 1.54) is 21.5 Å². The predicted octanol–water partition coefficient (Wildman–Crippen LogP) is 5.31. The van der Waals surface area contributed by atoms with Crippen molar-refractivity contribution in [3.8, 4) is 0 Å². The molecule has 0 aromatic heterocycles. The third-order valence-corrected chi connectivity index (χ3v) is 12.2. The molecule has 0 saturated carbocycles. The molecule has 5 heteroatoms. The maximum absolute atomic E-state index is 6.51. The van der Waals surface area contributed by atoms with E-state index in [0.717, 1.165) is 19.5 Å². The van der Waals surface area contributed by atoms with Crippen LogP contribution in [0.5, 0.6) is 0 Å². The monoisotopic (exact) mass is 540 g/mol. The molecule has 0 bridgehead atoms. The number of nitrogens with one attached hydrogen (secondary N) is 1. The minimum absolute atomic E-state index is 0.155. The van der Waals surface area contributed by atoms with Gasteiger partial charge < -0.3 is 19.5 Å². The number of hydrogen-bond acceptors (Lipinski definition) is 4. The van der Waals surface area contributed by atoms with E-state index in [1.807, 2.05) is 6.07 Å².